The Labute approximate surface area is 131 Å². The van der Waals surface area contributed by atoms with Gasteiger partial charge in [-0.3, -0.25) is 4.68 Å². The molecule has 1 heterocycles. The Balaban J connectivity index is 2.47. The highest BCUT2D eigenvalue weighted by Gasteiger charge is 2.19. The Bertz CT molecular complexity index is 548. The third kappa shape index (κ3) is 2.87. The normalized spacial score (nSPS) is 12.7. The second-order valence-electron chi connectivity index (χ2n) is 3.80. The van der Waals surface area contributed by atoms with Gasteiger partial charge in [-0.15, -0.1) is 0 Å². The van der Waals surface area contributed by atoms with Gasteiger partial charge in [-0.1, -0.05) is 31.9 Å². The van der Waals surface area contributed by atoms with Crippen molar-refractivity contribution in [2.45, 2.75) is 19.6 Å². The van der Waals surface area contributed by atoms with Crippen molar-refractivity contribution in [3.8, 4) is 0 Å². The van der Waals surface area contributed by atoms with Crippen LogP contribution in [0.25, 0.3) is 0 Å². The molecule has 0 bridgehead atoms. The van der Waals surface area contributed by atoms with E-state index < -0.39 is 6.10 Å². The Morgan fingerprint density at radius 1 is 1.22 bits per heavy atom. The minimum atomic E-state index is -0.712. The molecule has 0 radical (unpaired) electrons. The maximum absolute atomic E-state index is 10.5. The summed E-state index contributed by atoms with van der Waals surface area (Å²) in [6.45, 7) is 2.71. The van der Waals surface area contributed by atoms with Crippen LogP contribution >= 0.6 is 47.8 Å². The zero-order valence-corrected chi connectivity index (χ0v) is 14.3. The number of aromatic nitrogens is 2. The molecule has 18 heavy (non-hydrogen) atoms. The third-order valence-electron chi connectivity index (χ3n) is 2.59. The summed E-state index contributed by atoms with van der Waals surface area (Å²) >= 11 is 10.3. The van der Waals surface area contributed by atoms with Crippen molar-refractivity contribution in [1.82, 2.24) is 9.78 Å². The highest BCUT2D eigenvalue weighted by atomic mass is 79.9. The molecule has 0 spiro atoms. The van der Waals surface area contributed by atoms with Crippen LogP contribution in [0.3, 0.4) is 0 Å². The van der Waals surface area contributed by atoms with Gasteiger partial charge in [0.25, 0.3) is 0 Å². The predicted octanol–water partition coefficient (Wildman–Crippen LogP) is 4.27. The number of hydrogen-bond donors (Lipinski definition) is 1. The van der Waals surface area contributed by atoms with Crippen LogP contribution < -0.4 is 0 Å². The van der Waals surface area contributed by atoms with Crippen molar-refractivity contribution in [1.29, 1.82) is 0 Å². The van der Waals surface area contributed by atoms with Gasteiger partial charge in [0.2, 0.25) is 0 Å². The lowest BCUT2D eigenvalue weighted by molar-refractivity contribution is 0.207. The highest BCUT2D eigenvalue weighted by Crippen LogP contribution is 2.31. The Morgan fingerprint density at radius 3 is 2.39 bits per heavy atom. The smallest absolute Gasteiger partial charge is 0.122 e. The van der Waals surface area contributed by atoms with Crippen LogP contribution in [-0.2, 0) is 6.54 Å². The van der Waals surface area contributed by atoms with Gasteiger partial charge in [-0.05, 0) is 46.6 Å². The van der Waals surface area contributed by atoms with Crippen LogP contribution in [0.5, 0.6) is 0 Å². The van der Waals surface area contributed by atoms with Gasteiger partial charge in [-0.25, -0.2) is 0 Å². The molecule has 2 rings (SSSR count). The minimum absolute atomic E-state index is 0.712. The first kappa shape index (κ1) is 14.2. The van der Waals surface area contributed by atoms with Gasteiger partial charge >= 0.3 is 0 Å². The summed E-state index contributed by atoms with van der Waals surface area (Å²) in [7, 11) is 0. The van der Waals surface area contributed by atoms with Crippen molar-refractivity contribution in [3.63, 3.8) is 0 Å². The van der Waals surface area contributed by atoms with Crippen LogP contribution in [0, 0.1) is 0 Å². The first-order valence-electron chi connectivity index (χ1n) is 5.38. The minimum Gasteiger partial charge on any atom is -0.382 e. The Kier molecular flexibility index (Phi) is 4.64. The molecule has 3 nitrogen and oxygen atoms in total. The number of aliphatic hydroxyl groups excluding tert-OH is 1. The standard InChI is InChI=1S/C12H11Br3N2O/c1-2-17-11(10(15)6-16-17)12(18)7-3-8(13)5-9(14)4-7/h3-6,12,18H,2H2,1H3. The zero-order valence-electron chi connectivity index (χ0n) is 9.57. The number of hydrogen-bond acceptors (Lipinski definition) is 2. The summed E-state index contributed by atoms with van der Waals surface area (Å²) in [5.74, 6) is 0. The first-order chi connectivity index (χ1) is 8.52. The van der Waals surface area contributed by atoms with E-state index in [0.29, 0.717) is 6.54 Å². The molecule has 0 fully saturated rings. The molecule has 1 aromatic carbocycles. The fourth-order valence-corrected chi connectivity index (χ4v) is 3.63. The van der Waals surface area contributed by atoms with Crippen LogP contribution in [0.4, 0.5) is 0 Å². The maximum Gasteiger partial charge on any atom is 0.122 e. The SMILES string of the molecule is CCn1ncc(Br)c1C(O)c1cc(Br)cc(Br)c1. The number of benzene rings is 1. The molecule has 0 aliphatic carbocycles. The van der Waals surface area contributed by atoms with Gasteiger partial charge in [-0.2, -0.15) is 5.10 Å². The molecule has 0 aliphatic heterocycles. The Morgan fingerprint density at radius 2 is 1.83 bits per heavy atom. The van der Waals surface area contributed by atoms with Crippen LogP contribution in [-0.4, -0.2) is 14.9 Å². The van der Waals surface area contributed by atoms with Gasteiger partial charge in [0.1, 0.15) is 6.10 Å². The van der Waals surface area contributed by atoms with E-state index >= 15 is 0 Å². The van der Waals surface area contributed by atoms with Gasteiger partial charge in [0.05, 0.1) is 16.4 Å². The summed E-state index contributed by atoms with van der Waals surface area (Å²) in [5.41, 5.74) is 1.58. The molecule has 0 amide bonds. The molecule has 2 aromatic rings. The van der Waals surface area contributed by atoms with E-state index in [4.69, 9.17) is 0 Å². The fraction of sp³-hybridized carbons (Fsp3) is 0.250. The number of rotatable bonds is 3. The number of halogens is 3. The summed E-state index contributed by atoms with van der Waals surface area (Å²) < 4.78 is 4.44. The average molecular weight is 439 g/mol. The van der Waals surface area contributed by atoms with E-state index in [-0.39, 0.29) is 0 Å². The highest BCUT2D eigenvalue weighted by molar-refractivity contribution is 9.11. The van der Waals surface area contributed by atoms with Crippen molar-refractivity contribution < 1.29 is 5.11 Å². The topological polar surface area (TPSA) is 38.0 Å². The molecule has 0 saturated carbocycles. The van der Waals surface area contributed by atoms with Crippen LogP contribution in [0.2, 0.25) is 0 Å². The van der Waals surface area contributed by atoms with E-state index in [9.17, 15) is 5.11 Å². The van der Waals surface area contributed by atoms with Gasteiger partial charge in [0.15, 0.2) is 0 Å². The molecule has 0 aliphatic rings. The molecule has 1 N–H and O–H groups in total. The summed E-state index contributed by atoms with van der Waals surface area (Å²) in [5, 5.41) is 14.7. The number of aryl methyl sites for hydroxylation is 1. The van der Waals surface area contributed by atoms with E-state index in [1.807, 2.05) is 25.1 Å². The molecular formula is C12H11Br3N2O. The summed E-state index contributed by atoms with van der Waals surface area (Å²) in [6.07, 6.45) is 0.991. The molecule has 1 unspecified atom stereocenters. The zero-order chi connectivity index (χ0) is 13.3. The van der Waals surface area contributed by atoms with Crippen LogP contribution in [0.15, 0.2) is 37.8 Å². The van der Waals surface area contributed by atoms with E-state index in [1.165, 1.54) is 0 Å². The lowest BCUT2D eigenvalue weighted by Crippen LogP contribution is -2.09. The molecule has 1 atom stereocenters. The van der Waals surface area contributed by atoms with Crippen molar-refractivity contribution >= 4 is 47.8 Å². The second kappa shape index (κ2) is 5.86. The molecular weight excluding hydrogens is 428 g/mol. The quantitative estimate of drug-likeness (QED) is 0.777. The molecule has 1 aromatic heterocycles. The average Bonchev–Trinajstić information content (AvgIpc) is 2.68. The monoisotopic (exact) mass is 436 g/mol. The number of aliphatic hydroxyl groups is 1. The molecule has 96 valence electrons. The maximum atomic E-state index is 10.5. The van der Waals surface area contributed by atoms with E-state index in [2.05, 4.69) is 52.9 Å². The number of nitrogens with zero attached hydrogens (tertiary/aromatic N) is 2. The van der Waals surface area contributed by atoms with Crippen molar-refractivity contribution in [2.75, 3.05) is 0 Å². The summed E-state index contributed by atoms with van der Waals surface area (Å²) in [6, 6.07) is 5.73. The van der Waals surface area contributed by atoms with E-state index in [0.717, 1.165) is 24.7 Å². The lowest BCUT2D eigenvalue weighted by Gasteiger charge is -2.14. The molecule has 0 saturated heterocycles. The van der Waals surface area contributed by atoms with Gasteiger partial charge < -0.3 is 5.11 Å². The van der Waals surface area contributed by atoms with Gasteiger partial charge in [0, 0.05) is 15.5 Å². The lowest BCUT2D eigenvalue weighted by atomic mass is 10.1. The first-order valence-corrected chi connectivity index (χ1v) is 7.76. The summed E-state index contributed by atoms with van der Waals surface area (Å²) in [4.78, 5) is 0. The second-order valence-corrected chi connectivity index (χ2v) is 6.48. The van der Waals surface area contributed by atoms with E-state index in [1.54, 1.807) is 10.9 Å². The Hall–Kier alpha value is -0.170. The molecule has 6 heteroatoms. The predicted molar refractivity (Wildman–Crippen MR) is 81.5 cm³/mol. The fourth-order valence-electron chi connectivity index (χ4n) is 1.79. The largest absolute Gasteiger partial charge is 0.382 e. The van der Waals surface area contributed by atoms with Crippen molar-refractivity contribution in [3.05, 3.63) is 49.1 Å². The van der Waals surface area contributed by atoms with Crippen LogP contribution in [0.1, 0.15) is 24.3 Å². The van der Waals surface area contributed by atoms with Crippen molar-refractivity contribution in [2.24, 2.45) is 0 Å². The third-order valence-corrected chi connectivity index (χ3v) is 4.12.